The van der Waals surface area contributed by atoms with Crippen molar-refractivity contribution in [2.24, 2.45) is 0 Å². The number of amides is 1. The molecule has 0 unspecified atom stereocenters. The lowest BCUT2D eigenvalue weighted by Crippen LogP contribution is -2.39. The lowest BCUT2D eigenvalue weighted by atomic mass is 10.0. The number of nitrogens with one attached hydrogen (secondary N) is 1. The van der Waals surface area contributed by atoms with E-state index in [1.54, 1.807) is 24.3 Å². The summed E-state index contributed by atoms with van der Waals surface area (Å²) in [6.07, 6.45) is 4.12. The van der Waals surface area contributed by atoms with Crippen LogP contribution in [0.5, 0.6) is 0 Å². The van der Waals surface area contributed by atoms with E-state index in [-0.39, 0.29) is 23.5 Å². The number of piperidine rings is 1. The number of fused-ring (bicyclic) bond motifs is 1. The fraction of sp³-hybridized carbons (Fsp3) is 0.364. The molecule has 0 spiro atoms. The minimum atomic E-state index is -0.351. The summed E-state index contributed by atoms with van der Waals surface area (Å²) in [6.45, 7) is 1.26. The zero-order chi connectivity index (χ0) is 21.1. The third-order valence-electron chi connectivity index (χ3n) is 5.62. The van der Waals surface area contributed by atoms with E-state index >= 15 is 0 Å². The predicted molar refractivity (Wildman–Crippen MR) is 111 cm³/mol. The number of H-pyrrole nitrogens is 1. The van der Waals surface area contributed by atoms with Gasteiger partial charge in [-0.25, -0.2) is 9.78 Å². The molecule has 8 nitrogen and oxygen atoms in total. The molecular formula is C22H24N4O4. The number of hydrogen-bond donors (Lipinski definition) is 1. The van der Waals surface area contributed by atoms with Crippen LogP contribution in [0.3, 0.4) is 0 Å². The molecule has 1 N–H and O–H groups in total. The number of hydrogen-bond acceptors (Lipinski definition) is 5. The number of carbonyl (C=O) groups excluding carboxylic acids is 2. The molecule has 156 valence electrons. The van der Waals surface area contributed by atoms with Gasteiger partial charge >= 0.3 is 5.97 Å². The predicted octanol–water partition coefficient (Wildman–Crippen LogP) is 2.31. The number of aryl methyl sites for hydroxylation is 1. The van der Waals surface area contributed by atoms with Gasteiger partial charge in [0, 0.05) is 38.2 Å². The minimum Gasteiger partial charge on any atom is -0.464 e. The van der Waals surface area contributed by atoms with Crippen LogP contribution >= 0.6 is 0 Å². The normalized spacial score (nSPS) is 14.8. The molecule has 0 atom stereocenters. The molecule has 3 aromatic rings. The SMILES string of the molecule is COC(=O)c1cccn1C1CCN(C(=O)CCc2nc3ccccc3c(=O)[nH]2)CC1. The highest BCUT2D eigenvalue weighted by Gasteiger charge is 2.26. The van der Waals surface area contributed by atoms with Gasteiger partial charge in [-0.05, 0) is 37.1 Å². The molecule has 1 amide bonds. The topological polar surface area (TPSA) is 97.3 Å². The first-order valence-electron chi connectivity index (χ1n) is 10.1. The van der Waals surface area contributed by atoms with Crippen molar-refractivity contribution < 1.29 is 14.3 Å². The molecule has 0 saturated carbocycles. The zero-order valence-corrected chi connectivity index (χ0v) is 16.8. The van der Waals surface area contributed by atoms with Crippen molar-refractivity contribution in [1.29, 1.82) is 0 Å². The summed E-state index contributed by atoms with van der Waals surface area (Å²) in [6, 6.07) is 10.9. The second kappa shape index (κ2) is 8.52. The highest BCUT2D eigenvalue weighted by Crippen LogP contribution is 2.25. The number of para-hydroxylation sites is 1. The molecule has 8 heteroatoms. The van der Waals surface area contributed by atoms with E-state index in [0.29, 0.717) is 48.4 Å². The highest BCUT2D eigenvalue weighted by molar-refractivity contribution is 5.87. The summed E-state index contributed by atoms with van der Waals surface area (Å²) in [5, 5.41) is 0.547. The number of esters is 1. The number of rotatable bonds is 5. The van der Waals surface area contributed by atoms with Crippen LogP contribution in [0.2, 0.25) is 0 Å². The first kappa shape index (κ1) is 19.9. The number of aromatic nitrogens is 3. The molecule has 3 heterocycles. The van der Waals surface area contributed by atoms with Crippen molar-refractivity contribution in [3.63, 3.8) is 0 Å². The van der Waals surface area contributed by atoms with Crippen molar-refractivity contribution in [2.45, 2.75) is 31.7 Å². The summed E-state index contributed by atoms with van der Waals surface area (Å²) in [4.78, 5) is 45.8. The van der Waals surface area contributed by atoms with Crippen LogP contribution in [0.4, 0.5) is 0 Å². The van der Waals surface area contributed by atoms with Gasteiger partial charge in [0.1, 0.15) is 11.5 Å². The quantitative estimate of drug-likeness (QED) is 0.654. The standard InChI is InChI=1S/C22H24N4O4/c1-30-22(29)18-7-4-12-26(18)15-10-13-25(14-11-15)20(27)9-8-19-23-17-6-3-2-5-16(17)21(28)24-19/h2-7,12,15H,8-11,13-14H2,1H3,(H,23,24,28). The average molecular weight is 408 g/mol. The molecule has 4 rings (SSSR count). The van der Waals surface area contributed by atoms with Crippen LogP contribution in [0.25, 0.3) is 10.9 Å². The Morgan fingerprint density at radius 3 is 2.70 bits per heavy atom. The van der Waals surface area contributed by atoms with Crippen LogP contribution in [0.15, 0.2) is 47.4 Å². The smallest absolute Gasteiger partial charge is 0.354 e. The van der Waals surface area contributed by atoms with Crippen LogP contribution in [0, 0.1) is 0 Å². The maximum absolute atomic E-state index is 12.7. The first-order chi connectivity index (χ1) is 14.6. The molecule has 30 heavy (non-hydrogen) atoms. The maximum Gasteiger partial charge on any atom is 0.354 e. The second-order valence-electron chi connectivity index (χ2n) is 7.43. The Morgan fingerprint density at radius 2 is 1.93 bits per heavy atom. The molecular weight excluding hydrogens is 384 g/mol. The van der Waals surface area contributed by atoms with Crippen molar-refractivity contribution in [3.8, 4) is 0 Å². The molecule has 0 bridgehead atoms. The molecule has 1 saturated heterocycles. The van der Waals surface area contributed by atoms with Crippen molar-refractivity contribution in [3.05, 3.63) is 64.5 Å². The molecule has 1 fully saturated rings. The highest BCUT2D eigenvalue weighted by atomic mass is 16.5. The fourth-order valence-corrected chi connectivity index (χ4v) is 4.02. The Hall–Kier alpha value is -3.42. The van der Waals surface area contributed by atoms with E-state index < -0.39 is 0 Å². The van der Waals surface area contributed by atoms with Crippen molar-refractivity contribution >= 4 is 22.8 Å². The van der Waals surface area contributed by atoms with Gasteiger partial charge in [-0.3, -0.25) is 9.59 Å². The summed E-state index contributed by atoms with van der Waals surface area (Å²) < 4.78 is 6.78. The monoisotopic (exact) mass is 408 g/mol. The first-order valence-corrected chi connectivity index (χ1v) is 10.1. The van der Waals surface area contributed by atoms with Gasteiger partial charge in [-0.2, -0.15) is 0 Å². The van der Waals surface area contributed by atoms with Crippen LogP contribution < -0.4 is 5.56 Å². The summed E-state index contributed by atoms with van der Waals surface area (Å²) in [5.74, 6) is 0.220. The van der Waals surface area contributed by atoms with Crippen molar-refractivity contribution in [2.75, 3.05) is 20.2 Å². The lowest BCUT2D eigenvalue weighted by Gasteiger charge is -2.33. The van der Waals surface area contributed by atoms with E-state index in [4.69, 9.17) is 4.74 Å². The van der Waals surface area contributed by atoms with Gasteiger partial charge in [-0.15, -0.1) is 0 Å². The van der Waals surface area contributed by atoms with E-state index in [9.17, 15) is 14.4 Å². The Balaban J connectivity index is 1.35. The lowest BCUT2D eigenvalue weighted by molar-refractivity contribution is -0.132. The number of ether oxygens (including phenoxy) is 1. The van der Waals surface area contributed by atoms with Gasteiger partial charge in [0.05, 0.1) is 18.0 Å². The van der Waals surface area contributed by atoms with E-state index in [1.807, 2.05) is 27.8 Å². The van der Waals surface area contributed by atoms with Crippen LogP contribution in [-0.4, -0.2) is 51.5 Å². The molecule has 0 aliphatic carbocycles. The number of carbonyl (C=O) groups is 2. The second-order valence-corrected chi connectivity index (χ2v) is 7.43. The minimum absolute atomic E-state index is 0.0463. The van der Waals surface area contributed by atoms with Gasteiger partial charge in [0.2, 0.25) is 5.91 Å². The number of likely N-dealkylation sites (tertiary alicyclic amines) is 1. The Kier molecular flexibility index (Phi) is 5.65. The summed E-state index contributed by atoms with van der Waals surface area (Å²) in [5.41, 5.74) is 0.989. The average Bonchev–Trinajstić information content (AvgIpc) is 3.27. The van der Waals surface area contributed by atoms with Gasteiger partial charge < -0.3 is 19.2 Å². The third-order valence-corrected chi connectivity index (χ3v) is 5.62. The van der Waals surface area contributed by atoms with Crippen molar-refractivity contribution in [1.82, 2.24) is 19.4 Å². The summed E-state index contributed by atoms with van der Waals surface area (Å²) >= 11 is 0. The molecule has 1 aromatic carbocycles. The van der Waals surface area contributed by atoms with Gasteiger partial charge in [0.25, 0.3) is 5.56 Å². The molecule has 2 aromatic heterocycles. The van der Waals surface area contributed by atoms with Gasteiger partial charge in [0.15, 0.2) is 0 Å². The number of nitrogens with zero attached hydrogens (tertiary/aromatic N) is 3. The maximum atomic E-state index is 12.7. The number of aromatic amines is 1. The fourth-order valence-electron chi connectivity index (χ4n) is 4.02. The van der Waals surface area contributed by atoms with E-state index in [2.05, 4.69) is 9.97 Å². The Morgan fingerprint density at radius 1 is 1.17 bits per heavy atom. The van der Waals surface area contributed by atoms with Gasteiger partial charge in [-0.1, -0.05) is 12.1 Å². The number of methoxy groups -OCH3 is 1. The van der Waals surface area contributed by atoms with E-state index in [1.165, 1.54) is 7.11 Å². The van der Waals surface area contributed by atoms with E-state index in [0.717, 1.165) is 12.8 Å². The Bertz CT molecular complexity index is 1130. The van der Waals surface area contributed by atoms with Crippen LogP contribution in [0.1, 0.15) is 41.6 Å². The zero-order valence-electron chi connectivity index (χ0n) is 16.8. The molecule has 1 aliphatic heterocycles. The number of benzene rings is 1. The van der Waals surface area contributed by atoms with Crippen LogP contribution in [-0.2, 0) is 16.0 Å². The Labute approximate surface area is 173 Å². The third kappa shape index (κ3) is 3.98. The largest absolute Gasteiger partial charge is 0.464 e. The summed E-state index contributed by atoms with van der Waals surface area (Å²) in [7, 11) is 1.37. The molecule has 0 radical (unpaired) electrons. The molecule has 1 aliphatic rings.